The number of ether oxygens (including phenoxy) is 1. The number of rotatable bonds is 6. The zero-order valence-corrected chi connectivity index (χ0v) is 13.0. The Balaban J connectivity index is 2.06. The predicted molar refractivity (Wildman–Crippen MR) is 87.8 cm³/mol. The Morgan fingerprint density at radius 1 is 1.30 bits per heavy atom. The van der Waals surface area contributed by atoms with Crippen molar-refractivity contribution in [2.24, 2.45) is 0 Å². The molecule has 0 saturated heterocycles. The monoisotopic (exact) mass is 311 g/mol. The number of nitro groups is 1. The molecule has 0 atom stereocenters. The van der Waals surface area contributed by atoms with Crippen LogP contribution >= 0.6 is 0 Å². The van der Waals surface area contributed by atoms with Gasteiger partial charge in [-0.1, -0.05) is 18.2 Å². The Labute approximate surface area is 134 Å². The molecular formula is C17H17N3O3. The number of anilines is 1. The molecule has 23 heavy (non-hydrogen) atoms. The van der Waals surface area contributed by atoms with Gasteiger partial charge in [-0.2, -0.15) is 5.26 Å². The number of aryl methyl sites for hydroxylation is 1. The van der Waals surface area contributed by atoms with Crippen LogP contribution in [0.4, 0.5) is 11.4 Å². The number of hydrogen-bond acceptors (Lipinski definition) is 5. The summed E-state index contributed by atoms with van der Waals surface area (Å²) >= 11 is 0. The normalized spacial score (nSPS) is 9.96. The van der Waals surface area contributed by atoms with E-state index in [4.69, 9.17) is 10.00 Å². The Morgan fingerprint density at radius 2 is 2.04 bits per heavy atom. The highest BCUT2D eigenvalue weighted by Gasteiger charge is 2.18. The summed E-state index contributed by atoms with van der Waals surface area (Å²) in [4.78, 5) is 12.4. The van der Waals surface area contributed by atoms with Gasteiger partial charge in [0.15, 0.2) is 0 Å². The summed E-state index contributed by atoms with van der Waals surface area (Å²) < 4.78 is 5.71. The third-order valence-corrected chi connectivity index (χ3v) is 3.49. The van der Waals surface area contributed by atoms with Crippen LogP contribution in [-0.2, 0) is 0 Å². The molecule has 0 radical (unpaired) electrons. The summed E-state index contributed by atoms with van der Waals surface area (Å²) in [6.45, 7) is 2.85. The molecule has 2 aromatic rings. The van der Waals surface area contributed by atoms with Crippen molar-refractivity contribution in [3.05, 3.63) is 63.7 Å². The van der Waals surface area contributed by atoms with E-state index in [1.165, 1.54) is 6.07 Å². The highest BCUT2D eigenvalue weighted by molar-refractivity contribution is 5.65. The van der Waals surface area contributed by atoms with Crippen LogP contribution in [0.2, 0.25) is 0 Å². The number of likely N-dealkylation sites (N-methyl/N-ethyl adjacent to an activating group) is 1. The van der Waals surface area contributed by atoms with Gasteiger partial charge in [0.1, 0.15) is 18.0 Å². The molecule has 0 unspecified atom stereocenters. The molecule has 0 fully saturated rings. The van der Waals surface area contributed by atoms with Crippen LogP contribution in [0.5, 0.6) is 5.75 Å². The highest BCUT2D eigenvalue weighted by atomic mass is 16.6. The van der Waals surface area contributed by atoms with Gasteiger partial charge in [-0.05, 0) is 30.7 Å². The molecule has 0 N–H and O–H groups in total. The van der Waals surface area contributed by atoms with Crippen LogP contribution < -0.4 is 9.64 Å². The number of nitro benzene ring substituents is 1. The Morgan fingerprint density at radius 3 is 2.70 bits per heavy atom. The van der Waals surface area contributed by atoms with E-state index in [-0.39, 0.29) is 11.3 Å². The van der Waals surface area contributed by atoms with Gasteiger partial charge in [0.25, 0.3) is 5.69 Å². The first kappa shape index (κ1) is 16.3. The van der Waals surface area contributed by atoms with Gasteiger partial charge in [-0.15, -0.1) is 0 Å². The van der Waals surface area contributed by atoms with Crippen molar-refractivity contribution in [3.8, 4) is 11.8 Å². The van der Waals surface area contributed by atoms with Crippen LogP contribution in [0.3, 0.4) is 0 Å². The average Bonchev–Trinajstić information content (AvgIpc) is 2.55. The lowest BCUT2D eigenvalue weighted by Crippen LogP contribution is -2.24. The van der Waals surface area contributed by atoms with Gasteiger partial charge >= 0.3 is 0 Å². The van der Waals surface area contributed by atoms with E-state index >= 15 is 0 Å². The third kappa shape index (κ3) is 3.98. The smallest absolute Gasteiger partial charge is 0.293 e. The van der Waals surface area contributed by atoms with Crippen LogP contribution in [0, 0.1) is 28.4 Å². The molecular weight excluding hydrogens is 294 g/mol. The van der Waals surface area contributed by atoms with E-state index in [9.17, 15) is 10.1 Å². The Bertz CT molecular complexity index is 753. The summed E-state index contributed by atoms with van der Waals surface area (Å²) in [7, 11) is 1.76. The fourth-order valence-electron chi connectivity index (χ4n) is 2.19. The Hall–Kier alpha value is -3.07. The first-order chi connectivity index (χ1) is 11.0. The second-order valence-electron chi connectivity index (χ2n) is 5.11. The molecule has 0 saturated carbocycles. The molecule has 2 aromatic carbocycles. The SMILES string of the molecule is Cc1ccccc1OCCN(C)c1ccc(C#N)cc1[N+](=O)[O-]. The number of para-hydroxylation sites is 1. The number of hydrogen-bond donors (Lipinski definition) is 0. The fraction of sp³-hybridized carbons (Fsp3) is 0.235. The molecule has 0 aliphatic rings. The zero-order chi connectivity index (χ0) is 16.8. The van der Waals surface area contributed by atoms with Crippen LogP contribution in [0.25, 0.3) is 0 Å². The number of nitriles is 1. The first-order valence-corrected chi connectivity index (χ1v) is 7.11. The number of nitrogens with zero attached hydrogens (tertiary/aromatic N) is 3. The molecule has 0 amide bonds. The molecule has 6 heteroatoms. The van der Waals surface area contributed by atoms with E-state index < -0.39 is 4.92 Å². The van der Waals surface area contributed by atoms with Gasteiger partial charge < -0.3 is 9.64 Å². The first-order valence-electron chi connectivity index (χ1n) is 7.11. The molecule has 0 heterocycles. The standard InChI is InChI=1S/C17H17N3O3/c1-13-5-3-4-6-17(13)23-10-9-19(2)15-8-7-14(12-18)11-16(15)20(21)22/h3-8,11H,9-10H2,1-2H3. The van der Waals surface area contributed by atoms with E-state index in [2.05, 4.69) is 0 Å². The zero-order valence-electron chi connectivity index (χ0n) is 13.0. The van der Waals surface area contributed by atoms with E-state index in [1.807, 2.05) is 37.3 Å². The molecule has 0 aliphatic heterocycles. The minimum absolute atomic E-state index is 0.0811. The summed E-state index contributed by atoms with van der Waals surface area (Å²) in [6.07, 6.45) is 0. The maximum atomic E-state index is 11.2. The second-order valence-corrected chi connectivity index (χ2v) is 5.11. The number of benzene rings is 2. The lowest BCUT2D eigenvalue weighted by atomic mass is 10.2. The van der Waals surface area contributed by atoms with Gasteiger partial charge in [-0.3, -0.25) is 10.1 Å². The van der Waals surface area contributed by atoms with E-state index in [0.29, 0.717) is 18.8 Å². The average molecular weight is 311 g/mol. The topological polar surface area (TPSA) is 79.4 Å². The van der Waals surface area contributed by atoms with Gasteiger partial charge in [0.2, 0.25) is 0 Å². The minimum Gasteiger partial charge on any atom is -0.491 e. The van der Waals surface area contributed by atoms with Crippen LogP contribution in [0.15, 0.2) is 42.5 Å². The van der Waals surface area contributed by atoms with E-state index in [0.717, 1.165) is 11.3 Å². The maximum absolute atomic E-state index is 11.2. The molecule has 6 nitrogen and oxygen atoms in total. The van der Waals surface area contributed by atoms with Crippen LogP contribution in [-0.4, -0.2) is 25.1 Å². The van der Waals surface area contributed by atoms with Gasteiger partial charge in [-0.25, -0.2) is 0 Å². The van der Waals surface area contributed by atoms with Crippen molar-refractivity contribution in [3.63, 3.8) is 0 Å². The second kappa shape index (κ2) is 7.27. The van der Waals surface area contributed by atoms with Crippen molar-refractivity contribution in [1.29, 1.82) is 5.26 Å². The van der Waals surface area contributed by atoms with Crippen LogP contribution in [0.1, 0.15) is 11.1 Å². The summed E-state index contributed by atoms with van der Waals surface area (Å²) in [5.74, 6) is 0.801. The maximum Gasteiger partial charge on any atom is 0.293 e. The predicted octanol–water partition coefficient (Wildman–Crippen LogP) is 3.29. The summed E-state index contributed by atoms with van der Waals surface area (Å²) in [5, 5.41) is 20.0. The molecule has 0 bridgehead atoms. The van der Waals surface area contributed by atoms with Gasteiger partial charge in [0.05, 0.1) is 23.1 Å². The molecule has 118 valence electrons. The van der Waals surface area contributed by atoms with Crippen molar-refractivity contribution in [2.75, 3.05) is 25.1 Å². The fourth-order valence-corrected chi connectivity index (χ4v) is 2.19. The lowest BCUT2D eigenvalue weighted by molar-refractivity contribution is -0.384. The van der Waals surface area contributed by atoms with Crippen molar-refractivity contribution in [1.82, 2.24) is 0 Å². The van der Waals surface area contributed by atoms with Crippen molar-refractivity contribution < 1.29 is 9.66 Å². The Kier molecular flexibility index (Phi) is 5.15. The lowest BCUT2D eigenvalue weighted by Gasteiger charge is -2.19. The van der Waals surface area contributed by atoms with Gasteiger partial charge in [0, 0.05) is 13.1 Å². The quantitative estimate of drug-likeness (QED) is 0.604. The molecule has 0 aliphatic carbocycles. The molecule has 0 spiro atoms. The largest absolute Gasteiger partial charge is 0.491 e. The minimum atomic E-state index is -0.477. The third-order valence-electron chi connectivity index (χ3n) is 3.49. The molecule has 2 rings (SSSR count). The highest BCUT2D eigenvalue weighted by Crippen LogP contribution is 2.28. The molecule has 0 aromatic heterocycles. The van der Waals surface area contributed by atoms with Crippen molar-refractivity contribution >= 4 is 11.4 Å². The van der Waals surface area contributed by atoms with E-state index in [1.54, 1.807) is 24.1 Å². The van der Waals surface area contributed by atoms with Crippen molar-refractivity contribution in [2.45, 2.75) is 6.92 Å². The summed E-state index contributed by atoms with van der Waals surface area (Å²) in [6, 6.07) is 14.0. The summed E-state index contributed by atoms with van der Waals surface area (Å²) in [5.41, 5.74) is 1.69.